The molecule has 26 heavy (non-hydrogen) atoms. The number of benzene rings is 2. The van der Waals surface area contributed by atoms with Gasteiger partial charge in [-0.3, -0.25) is 4.90 Å². The lowest BCUT2D eigenvalue weighted by Gasteiger charge is -2.24. The van der Waals surface area contributed by atoms with Gasteiger partial charge in [-0.05, 0) is 48.7 Å². The molecule has 0 aliphatic carbocycles. The molecular weight excluding hydrogens is 330 g/mol. The van der Waals surface area contributed by atoms with Gasteiger partial charge < -0.3 is 19.7 Å². The van der Waals surface area contributed by atoms with Gasteiger partial charge in [-0.1, -0.05) is 24.3 Å². The van der Waals surface area contributed by atoms with Gasteiger partial charge in [0, 0.05) is 19.6 Å². The molecule has 3 rings (SSSR count). The van der Waals surface area contributed by atoms with Crippen molar-refractivity contribution in [3.8, 4) is 11.5 Å². The Bertz CT molecular complexity index is 721. The highest BCUT2D eigenvalue weighted by Gasteiger charge is 2.36. The molecule has 5 nitrogen and oxygen atoms in total. The van der Waals surface area contributed by atoms with Gasteiger partial charge in [0.25, 0.3) is 0 Å². The van der Waals surface area contributed by atoms with E-state index in [2.05, 4.69) is 4.90 Å². The first-order valence-corrected chi connectivity index (χ1v) is 9.03. The Labute approximate surface area is 154 Å². The third-order valence-corrected chi connectivity index (χ3v) is 4.57. The van der Waals surface area contributed by atoms with Crippen LogP contribution in [-0.2, 0) is 6.54 Å². The summed E-state index contributed by atoms with van der Waals surface area (Å²) in [4.78, 5) is 2.23. The first kappa shape index (κ1) is 18.7. The first-order chi connectivity index (χ1) is 12.6. The molecule has 0 bridgehead atoms. The maximum atomic E-state index is 10.8. The van der Waals surface area contributed by atoms with E-state index in [1.807, 2.05) is 55.5 Å². The molecular formula is C21H27NO4. The number of nitrogens with zero attached hydrogens (tertiary/aromatic N) is 1. The molecule has 0 spiro atoms. The fraction of sp³-hybridized carbons (Fsp3) is 0.429. The van der Waals surface area contributed by atoms with E-state index in [4.69, 9.17) is 14.6 Å². The van der Waals surface area contributed by atoms with Crippen LogP contribution in [0.2, 0.25) is 0 Å². The van der Waals surface area contributed by atoms with E-state index in [9.17, 15) is 5.11 Å². The third kappa shape index (κ3) is 5.21. The smallest absolute Gasteiger partial charge is 0.119 e. The molecule has 0 amide bonds. The van der Waals surface area contributed by atoms with Gasteiger partial charge in [0.2, 0.25) is 0 Å². The zero-order valence-electron chi connectivity index (χ0n) is 15.2. The predicted molar refractivity (Wildman–Crippen MR) is 101 cm³/mol. The Morgan fingerprint density at radius 3 is 2.62 bits per heavy atom. The molecule has 1 atom stereocenters. The lowest BCUT2D eigenvalue weighted by Crippen LogP contribution is -2.39. The van der Waals surface area contributed by atoms with E-state index >= 15 is 0 Å². The highest BCUT2D eigenvalue weighted by atomic mass is 16.5. The zero-order valence-corrected chi connectivity index (χ0v) is 15.2. The summed E-state index contributed by atoms with van der Waals surface area (Å²) in [6.45, 7) is 4.79. The van der Waals surface area contributed by atoms with Crippen molar-refractivity contribution in [3.05, 3.63) is 59.7 Å². The van der Waals surface area contributed by atoms with Crippen molar-refractivity contribution in [2.45, 2.75) is 25.5 Å². The zero-order chi connectivity index (χ0) is 18.4. The molecule has 1 aliphatic heterocycles. The molecule has 140 valence electrons. The molecule has 0 unspecified atom stereocenters. The van der Waals surface area contributed by atoms with E-state index in [0.717, 1.165) is 35.7 Å². The molecule has 0 radical (unpaired) electrons. The lowest BCUT2D eigenvalue weighted by atomic mass is 10.1. The maximum Gasteiger partial charge on any atom is 0.119 e. The van der Waals surface area contributed by atoms with E-state index < -0.39 is 5.60 Å². The first-order valence-electron chi connectivity index (χ1n) is 9.03. The number of aliphatic hydroxyl groups excluding tert-OH is 1. The van der Waals surface area contributed by atoms with E-state index in [1.165, 1.54) is 0 Å². The molecule has 1 saturated heterocycles. The van der Waals surface area contributed by atoms with Crippen molar-refractivity contribution >= 4 is 0 Å². The number of aryl methyl sites for hydroxylation is 1. The number of β-amino-alcohol motifs (C(OH)–C–C–N with tert-alkyl or cyclic N) is 1. The summed E-state index contributed by atoms with van der Waals surface area (Å²) in [6.07, 6.45) is 0.694. The standard InChI is InChI=1S/C21H27NO4/c1-17-4-2-6-19(12-17)26-16-21(24)8-9-22(15-21)14-18-5-3-7-20(13-18)25-11-10-23/h2-7,12-13,23-24H,8-11,14-16H2,1H3/t21-/m1/s1. The van der Waals surface area contributed by atoms with Crippen molar-refractivity contribution in [2.75, 3.05) is 32.9 Å². The topological polar surface area (TPSA) is 62.2 Å². The van der Waals surface area contributed by atoms with Gasteiger partial charge in [0.1, 0.15) is 30.3 Å². The molecule has 1 aliphatic rings. The summed E-state index contributed by atoms with van der Waals surface area (Å²) in [5.41, 5.74) is 1.45. The Kier molecular flexibility index (Phi) is 6.14. The van der Waals surface area contributed by atoms with E-state index in [0.29, 0.717) is 26.2 Å². The quantitative estimate of drug-likeness (QED) is 0.760. The lowest BCUT2D eigenvalue weighted by molar-refractivity contribution is 0.00336. The second kappa shape index (κ2) is 8.54. The SMILES string of the molecule is Cc1cccc(OC[C@@]2(O)CCN(Cc3cccc(OCCO)c3)C2)c1. The number of ether oxygens (including phenoxy) is 2. The van der Waals surface area contributed by atoms with Crippen LogP contribution in [0.4, 0.5) is 0 Å². The predicted octanol–water partition coefficient (Wildman–Crippen LogP) is 2.38. The van der Waals surface area contributed by atoms with Crippen LogP contribution in [0.3, 0.4) is 0 Å². The van der Waals surface area contributed by atoms with Gasteiger partial charge in [-0.25, -0.2) is 0 Å². The largest absolute Gasteiger partial charge is 0.491 e. The third-order valence-electron chi connectivity index (χ3n) is 4.57. The summed E-state index contributed by atoms with van der Waals surface area (Å²) in [5.74, 6) is 1.55. The van der Waals surface area contributed by atoms with Gasteiger partial charge >= 0.3 is 0 Å². The minimum Gasteiger partial charge on any atom is -0.491 e. The molecule has 2 N–H and O–H groups in total. The van der Waals surface area contributed by atoms with Crippen LogP contribution in [0.15, 0.2) is 48.5 Å². The Balaban J connectivity index is 1.52. The van der Waals surface area contributed by atoms with Crippen LogP contribution in [0.5, 0.6) is 11.5 Å². The van der Waals surface area contributed by atoms with Crippen LogP contribution >= 0.6 is 0 Å². The second-order valence-corrected chi connectivity index (χ2v) is 7.01. The van der Waals surface area contributed by atoms with Crippen molar-refractivity contribution in [2.24, 2.45) is 0 Å². The van der Waals surface area contributed by atoms with Crippen molar-refractivity contribution < 1.29 is 19.7 Å². The highest BCUT2D eigenvalue weighted by Crippen LogP contribution is 2.25. The Hall–Kier alpha value is -2.08. The average molecular weight is 357 g/mol. The van der Waals surface area contributed by atoms with Crippen molar-refractivity contribution in [3.63, 3.8) is 0 Å². The average Bonchev–Trinajstić information content (AvgIpc) is 3.00. The summed E-state index contributed by atoms with van der Waals surface area (Å²) >= 11 is 0. The van der Waals surface area contributed by atoms with Gasteiger partial charge in [-0.15, -0.1) is 0 Å². The van der Waals surface area contributed by atoms with Crippen molar-refractivity contribution in [1.82, 2.24) is 4.90 Å². The molecule has 1 heterocycles. The molecule has 1 fully saturated rings. The number of aliphatic hydroxyl groups is 2. The second-order valence-electron chi connectivity index (χ2n) is 7.01. The molecule has 5 heteroatoms. The van der Waals surface area contributed by atoms with Crippen LogP contribution in [-0.4, -0.2) is 53.6 Å². The minimum absolute atomic E-state index is 0.00429. The van der Waals surface area contributed by atoms with Crippen LogP contribution in [0, 0.1) is 6.92 Å². The minimum atomic E-state index is -0.825. The van der Waals surface area contributed by atoms with Gasteiger partial charge in [0.05, 0.1) is 6.61 Å². The molecule has 0 aromatic heterocycles. The highest BCUT2D eigenvalue weighted by molar-refractivity contribution is 5.29. The number of hydrogen-bond donors (Lipinski definition) is 2. The monoisotopic (exact) mass is 357 g/mol. The number of likely N-dealkylation sites (tertiary alicyclic amines) is 1. The fourth-order valence-corrected chi connectivity index (χ4v) is 3.27. The summed E-state index contributed by atoms with van der Waals surface area (Å²) in [6, 6.07) is 15.7. The van der Waals surface area contributed by atoms with Gasteiger partial charge in [0.15, 0.2) is 0 Å². The fourth-order valence-electron chi connectivity index (χ4n) is 3.27. The van der Waals surface area contributed by atoms with Gasteiger partial charge in [-0.2, -0.15) is 0 Å². The van der Waals surface area contributed by atoms with Crippen LogP contribution in [0.25, 0.3) is 0 Å². The Morgan fingerprint density at radius 1 is 1.08 bits per heavy atom. The summed E-state index contributed by atoms with van der Waals surface area (Å²) in [7, 11) is 0. The number of rotatable bonds is 8. The maximum absolute atomic E-state index is 10.8. The Morgan fingerprint density at radius 2 is 1.85 bits per heavy atom. The van der Waals surface area contributed by atoms with Crippen molar-refractivity contribution in [1.29, 1.82) is 0 Å². The van der Waals surface area contributed by atoms with E-state index in [1.54, 1.807) is 0 Å². The van der Waals surface area contributed by atoms with E-state index in [-0.39, 0.29) is 6.61 Å². The molecule has 2 aromatic rings. The normalized spacial score (nSPS) is 20.3. The number of hydrogen-bond acceptors (Lipinski definition) is 5. The summed E-state index contributed by atoms with van der Waals surface area (Å²) < 4.78 is 11.3. The molecule has 0 saturated carbocycles. The van der Waals surface area contributed by atoms with Crippen LogP contribution < -0.4 is 9.47 Å². The molecule has 2 aromatic carbocycles. The van der Waals surface area contributed by atoms with Crippen LogP contribution in [0.1, 0.15) is 17.5 Å². The summed E-state index contributed by atoms with van der Waals surface area (Å²) in [5, 5.41) is 19.7.